The van der Waals surface area contributed by atoms with Crippen LogP contribution in [-0.2, 0) is 39.6 Å². The summed E-state index contributed by atoms with van der Waals surface area (Å²) in [6.07, 6.45) is 8.63. The van der Waals surface area contributed by atoms with Gasteiger partial charge in [-0.05, 0) is 94.6 Å². The number of nitrogen functional groups attached to an aromatic ring is 1. The zero-order valence-corrected chi connectivity index (χ0v) is 39.9. The van der Waals surface area contributed by atoms with Crippen molar-refractivity contribution >= 4 is 98.5 Å². The molecular formula is C34H24K2N9O13S3+. The number of nitrogens with two attached hydrogens (primary N) is 1. The number of sulfonamides is 1. The van der Waals surface area contributed by atoms with Gasteiger partial charge in [0.25, 0.3) is 30.7 Å². The molecule has 22 nitrogen and oxygen atoms in total. The molecule has 0 saturated heterocycles. The van der Waals surface area contributed by atoms with E-state index in [4.69, 9.17) is 5.73 Å². The number of carbonyl (C=O) groups is 1. The quantitative estimate of drug-likeness (QED) is 0.0135. The summed E-state index contributed by atoms with van der Waals surface area (Å²) < 4.78 is 97.2. The molecule has 0 bridgehead atoms. The number of allylic oxidation sites excluding steroid dienone is 7. The maximum absolute atomic E-state index is 13.8. The first-order valence-electron chi connectivity index (χ1n) is 16.0. The predicted molar refractivity (Wildman–Crippen MR) is 210 cm³/mol. The minimum absolute atomic E-state index is 0. The molecule has 0 spiro atoms. The molecule has 4 aromatic carbocycles. The molecule has 7 N–H and O–H groups in total. The van der Waals surface area contributed by atoms with Gasteiger partial charge in [-0.3, -0.25) is 24.9 Å². The zero-order valence-electron chi connectivity index (χ0n) is 31.2. The zero-order chi connectivity index (χ0) is 42.9. The second kappa shape index (κ2) is 20.0. The van der Waals surface area contributed by atoms with Gasteiger partial charge in [0.15, 0.2) is 5.78 Å². The van der Waals surface area contributed by atoms with Crippen LogP contribution >= 0.6 is 0 Å². The number of nitro benzene ring substituents is 1. The van der Waals surface area contributed by atoms with Crippen molar-refractivity contribution in [2.24, 2.45) is 24.8 Å². The molecule has 0 heterocycles. The Morgan fingerprint density at radius 2 is 1.43 bits per heavy atom. The van der Waals surface area contributed by atoms with Gasteiger partial charge in [0.2, 0.25) is 0 Å². The standard InChI is InChI=1S/C34H25N9O13S3.2K/c35-31-30-18(15-28(58(51,52)53)32(31)40-37-20-5-9-23(10-6-20)43(47)48)16-29(59(54,55)56)33(34(30)46)41-38-21-7-12-25(13-8-21)57(49,50)42-22-3-1-19(2-4-22)36-39-26-14-11-24(44)17-27(26)45;;/h1-17H,(H8-,35,36,37,38,39,40,41,42,44,45,46,51,52,53,54,55,56);;/q;2*+1/p-1. The second-order valence-electron chi connectivity index (χ2n) is 11.9. The monoisotopic (exact) mass is 940 g/mol. The van der Waals surface area contributed by atoms with Gasteiger partial charge in [-0.2, -0.15) is 45.7 Å². The van der Waals surface area contributed by atoms with Crippen LogP contribution < -0.4 is 130 Å². The molecule has 61 heavy (non-hydrogen) atoms. The van der Waals surface area contributed by atoms with Crippen molar-refractivity contribution in [3.05, 3.63) is 119 Å². The van der Waals surface area contributed by atoms with Gasteiger partial charge in [0.05, 0.1) is 49.7 Å². The van der Waals surface area contributed by atoms with E-state index >= 15 is 0 Å². The number of hydrogen-bond donors (Lipinski definition) is 6. The number of carbonyl (C=O) groups excluding carboxylic acids is 1. The maximum atomic E-state index is 13.8. The molecule has 2 aliphatic carbocycles. The van der Waals surface area contributed by atoms with Crippen LogP contribution in [0.3, 0.4) is 0 Å². The van der Waals surface area contributed by atoms with Crippen LogP contribution in [0.15, 0.2) is 148 Å². The van der Waals surface area contributed by atoms with E-state index in [0.717, 1.165) is 60.7 Å². The Balaban J connectivity index is 0.00000410. The number of ketones is 1. The smallest absolute Gasteiger partial charge is 0.871 e. The van der Waals surface area contributed by atoms with Crippen LogP contribution in [0.1, 0.15) is 0 Å². The minimum atomic E-state index is -5.12. The molecule has 0 fully saturated rings. The minimum Gasteiger partial charge on any atom is -0.871 e. The third kappa shape index (κ3) is 11.9. The summed E-state index contributed by atoms with van der Waals surface area (Å²) in [6.45, 7) is 0. The van der Waals surface area contributed by atoms with E-state index in [2.05, 4.69) is 35.7 Å². The Morgan fingerprint density at radius 3 is 2.00 bits per heavy atom. The maximum Gasteiger partial charge on any atom is 1.00 e. The average Bonchev–Trinajstić information content (AvgIpc) is 3.16. The Bertz CT molecular complexity index is 2980. The summed E-state index contributed by atoms with van der Waals surface area (Å²) in [4.78, 5) is 19.4. The molecule has 0 atom stereocenters. The van der Waals surface area contributed by atoms with Crippen molar-refractivity contribution in [3.8, 4) is 5.75 Å². The molecule has 0 amide bonds. The van der Waals surface area contributed by atoms with Gasteiger partial charge in [-0.15, -0.1) is 5.11 Å². The first-order chi connectivity index (χ1) is 27.7. The van der Waals surface area contributed by atoms with Crippen molar-refractivity contribution in [2.75, 3.05) is 16.6 Å². The second-order valence-corrected chi connectivity index (χ2v) is 16.4. The number of nitrogens with zero attached hydrogens (tertiary/aromatic N) is 6. The third-order valence-electron chi connectivity index (χ3n) is 7.98. The Hall–Kier alpha value is -4.02. The van der Waals surface area contributed by atoms with E-state index in [1.54, 1.807) is 0 Å². The van der Waals surface area contributed by atoms with Crippen molar-refractivity contribution in [1.29, 1.82) is 0 Å². The summed E-state index contributed by atoms with van der Waals surface area (Å²) >= 11 is 0. The number of hydrogen-bond acceptors (Lipinski definition) is 17. The predicted octanol–water partition coefficient (Wildman–Crippen LogP) is -2.25. The summed E-state index contributed by atoms with van der Waals surface area (Å²) in [6, 6.07) is 10.7. The van der Waals surface area contributed by atoms with E-state index in [1.807, 2.05) is 0 Å². The first-order valence-corrected chi connectivity index (χ1v) is 20.4. The topological polar surface area (TPSA) is 364 Å². The normalized spacial score (nSPS) is 14.7. The molecular weight excluding hydrogens is 917 g/mol. The van der Waals surface area contributed by atoms with Crippen LogP contribution in [0.5, 0.6) is 5.75 Å². The third-order valence-corrected chi connectivity index (χ3v) is 11.1. The Morgan fingerprint density at radius 1 is 0.803 bits per heavy atom. The summed E-state index contributed by atoms with van der Waals surface area (Å²) in [5.41, 5.74) is 9.02. The fourth-order valence-corrected chi connectivity index (χ4v) is 7.54. The van der Waals surface area contributed by atoms with Crippen LogP contribution in [0.2, 0.25) is 0 Å². The van der Waals surface area contributed by atoms with Crippen LogP contribution in [0, 0.1) is 10.1 Å². The van der Waals surface area contributed by atoms with Crippen molar-refractivity contribution in [3.63, 3.8) is 0 Å². The van der Waals surface area contributed by atoms with E-state index in [-0.39, 0.29) is 142 Å². The van der Waals surface area contributed by atoms with Crippen molar-refractivity contribution in [2.45, 2.75) is 14.7 Å². The van der Waals surface area contributed by atoms with Crippen LogP contribution in [-0.4, -0.2) is 58.3 Å². The van der Waals surface area contributed by atoms with Gasteiger partial charge >= 0.3 is 113 Å². The van der Waals surface area contributed by atoms with Gasteiger partial charge in [-0.25, -0.2) is 0 Å². The summed E-state index contributed by atoms with van der Waals surface area (Å²) in [5.74, 6) is -2.33. The molecule has 0 aromatic heterocycles. The van der Waals surface area contributed by atoms with Gasteiger partial charge in [0.1, 0.15) is 10.6 Å². The van der Waals surface area contributed by atoms with Crippen molar-refractivity contribution < 1.29 is 157 Å². The Kier molecular flexibility index (Phi) is 16.3. The number of rotatable bonds is 11. The van der Waals surface area contributed by atoms with E-state index in [0.29, 0.717) is 0 Å². The number of nitrogens with one attached hydrogen (secondary N) is 2. The fourth-order valence-electron chi connectivity index (χ4n) is 5.19. The molecule has 0 unspecified atom stereocenters. The number of benzene rings is 4. The number of anilines is 3. The molecule has 4 aromatic rings. The number of fused-ring (bicyclic) bond motifs is 1. The average molecular weight is 941 g/mol. The van der Waals surface area contributed by atoms with Gasteiger partial charge in [0, 0.05) is 23.6 Å². The molecule has 27 heteroatoms. The largest absolute Gasteiger partial charge is 1.00 e. The van der Waals surface area contributed by atoms with E-state index in [1.165, 1.54) is 42.5 Å². The number of hydrazine groups is 1. The van der Waals surface area contributed by atoms with Crippen LogP contribution in [0.4, 0.5) is 34.1 Å². The van der Waals surface area contributed by atoms with Crippen molar-refractivity contribution in [1.82, 2.24) is 0 Å². The summed E-state index contributed by atoms with van der Waals surface area (Å²) in [5, 5.41) is 50.9. The first kappa shape index (κ1) is 49.6. The number of nitro groups is 1. The molecule has 0 radical (unpaired) electrons. The van der Waals surface area contributed by atoms with E-state index in [9.17, 15) is 59.8 Å². The number of non-ortho nitro benzene ring substituents is 1. The fraction of sp³-hybridized carbons (Fsp3) is 0. The van der Waals surface area contributed by atoms with E-state index < -0.39 is 90.5 Å². The SMILES string of the molecule is Nc1c(NNc2ccc([N+](=O)[O-])cc2)c(S(=O)(=O)O)cc2cc([S+](=O)(O)O)c(N=Nc3ccc(S(=O)(=O)N=C4C=CC(=NN=C5C=CC(=O)C=C5[O-])C=C4)cc3)c([O-])c12.[K+].[K+]. The molecule has 302 valence electrons. The molecule has 0 saturated carbocycles. The molecule has 2 aliphatic rings. The molecule has 0 aliphatic heterocycles. The van der Waals surface area contributed by atoms with Crippen LogP contribution in [0.25, 0.3) is 10.8 Å². The molecule has 6 rings (SSSR count). The summed E-state index contributed by atoms with van der Waals surface area (Å²) in [7, 11) is -14.5. The van der Waals surface area contributed by atoms with Gasteiger partial charge in [-0.1, -0.05) is 11.5 Å². The Labute approximate surface area is 430 Å². The number of azo groups is 1. The van der Waals surface area contributed by atoms with Gasteiger partial charge < -0.3 is 21.4 Å².